The molecule has 1 saturated carbocycles. The molecular formula is C30H38FN5O2. The lowest BCUT2D eigenvalue weighted by atomic mass is 9.84. The molecule has 2 aromatic rings. The maximum Gasteiger partial charge on any atom is 0.223 e. The van der Waals surface area contributed by atoms with Crippen molar-refractivity contribution in [2.24, 2.45) is 11.8 Å². The van der Waals surface area contributed by atoms with Crippen molar-refractivity contribution < 1.29 is 14.0 Å². The molecule has 202 valence electrons. The van der Waals surface area contributed by atoms with Crippen LogP contribution in [0.25, 0.3) is 0 Å². The fourth-order valence-electron chi connectivity index (χ4n) is 8.01. The molecule has 7 nitrogen and oxygen atoms in total. The number of carbonyl (C=O) groups excluding carboxylic acids is 2. The summed E-state index contributed by atoms with van der Waals surface area (Å²) in [5.74, 6) is 1.95. The van der Waals surface area contributed by atoms with Gasteiger partial charge in [-0.05, 0) is 62.1 Å². The molecule has 1 aromatic carbocycles. The highest BCUT2D eigenvalue weighted by atomic mass is 19.1. The minimum Gasteiger partial charge on any atom is -0.349 e. The Labute approximate surface area is 223 Å². The van der Waals surface area contributed by atoms with Gasteiger partial charge in [-0.2, -0.15) is 0 Å². The van der Waals surface area contributed by atoms with Crippen molar-refractivity contribution in [3.63, 3.8) is 0 Å². The molecule has 5 heterocycles. The summed E-state index contributed by atoms with van der Waals surface area (Å²) in [6.07, 6.45) is 9.14. The maximum atomic E-state index is 14.1. The molecule has 0 radical (unpaired) electrons. The van der Waals surface area contributed by atoms with Crippen molar-refractivity contribution in [2.75, 3.05) is 13.1 Å². The van der Waals surface area contributed by atoms with Gasteiger partial charge in [-0.15, -0.1) is 0 Å². The molecule has 3 fully saturated rings. The largest absolute Gasteiger partial charge is 0.349 e. The smallest absolute Gasteiger partial charge is 0.223 e. The second-order valence-electron chi connectivity index (χ2n) is 12.3. The van der Waals surface area contributed by atoms with Crippen molar-refractivity contribution in [3.8, 4) is 0 Å². The molecule has 7 rings (SSSR count). The first-order valence-corrected chi connectivity index (χ1v) is 14.6. The van der Waals surface area contributed by atoms with E-state index in [0.717, 1.165) is 70.0 Å². The number of benzene rings is 1. The van der Waals surface area contributed by atoms with E-state index in [-0.39, 0.29) is 29.6 Å². The van der Waals surface area contributed by atoms with Crippen molar-refractivity contribution in [2.45, 2.75) is 95.4 Å². The monoisotopic (exact) mass is 519 g/mol. The number of rotatable bonds is 6. The van der Waals surface area contributed by atoms with Crippen LogP contribution in [0, 0.1) is 17.7 Å². The van der Waals surface area contributed by atoms with Gasteiger partial charge in [0.2, 0.25) is 11.8 Å². The Kier molecular flexibility index (Phi) is 6.06. The highest BCUT2D eigenvalue weighted by Gasteiger charge is 2.50. The molecule has 5 aliphatic rings. The lowest BCUT2D eigenvalue weighted by molar-refractivity contribution is -0.130. The van der Waals surface area contributed by atoms with E-state index in [9.17, 15) is 14.0 Å². The number of nitrogens with one attached hydrogen (secondary N) is 1. The average Bonchev–Trinajstić information content (AvgIpc) is 3.25. The summed E-state index contributed by atoms with van der Waals surface area (Å²) in [4.78, 5) is 34.7. The summed E-state index contributed by atoms with van der Waals surface area (Å²) in [7, 11) is 0. The zero-order valence-electron chi connectivity index (χ0n) is 22.2. The van der Waals surface area contributed by atoms with Crippen LogP contribution < -0.4 is 5.32 Å². The Morgan fingerprint density at radius 3 is 2.82 bits per heavy atom. The van der Waals surface area contributed by atoms with E-state index in [1.807, 2.05) is 11.0 Å². The van der Waals surface area contributed by atoms with E-state index >= 15 is 0 Å². The second kappa shape index (κ2) is 9.47. The number of hydrogen-bond donors (Lipinski definition) is 1. The zero-order valence-corrected chi connectivity index (χ0v) is 22.2. The van der Waals surface area contributed by atoms with Gasteiger partial charge in [0.05, 0.1) is 24.0 Å². The van der Waals surface area contributed by atoms with Crippen LogP contribution in [0.1, 0.15) is 86.7 Å². The Bertz CT molecular complexity index is 1260. The number of halogens is 1. The van der Waals surface area contributed by atoms with Gasteiger partial charge in [-0.3, -0.25) is 14.5 Å². The number of nitrogens with zero attached hydrogens (tertiary/aromatic N) is 4. The van der Waals surface area contributed by atoms with Gasteiger partial charge in [-0.25, -0.2) is 9.37 Å². The molecule has 3 bridgehead atoms. The van der Waals surface area contributed by atoms with Crippen molar-refractivity contribution in [3.05, 3.63) is 52.9 Å². The molecule has 2 saturated heterocycles. The summed E-state index contributed by atoms with van der Waals surface area (Å²) in [6, 6.07) is 8.06. The number of hydrogen-bond acceptors (Lipinski definition) is 4. The quantitative estimate of drug-likeness (QED) is 0.628. The van der Waals surface area contributed by atoms with Crippen molar-refractivity contribution in [1.29, 1.82) is 0 Å². The first-order valence-electron chi connectivity index (χ1n) is 14.6. The standard InChI is InChI=1S/C30H38FN5O2/c1-18(37)34-10-8-26-28(17-34)36-24-15-23-13-21(14-29(36)32-26)27(16-24)35(23)11-9-25(20-6-3-7-22(31)12-20)33-30(38)19-4-2-5-19/h3,6-7,12,19,21,23-25,27H,2,4-5,8-11,13-17H2,1H3,(H,33,38)/t21?,23?,24?,25-,27?/m0/s1. The van der Waals surface area contributed by atoms with E-state index in [1.165, 1.54) is 29.7 Å². The van der Waals surface area contributed by atoms with E-state index in [2.05, 4.69) is 14.8 Å². The summed E-state index contributed by atoms with van der Waals surface area (Å²) < 4.78 is 16.6. The van der Waals surface area contributed by atoms with Gasteiger partial charge in [0.1, 0.15) is 11.6 Å². The molecule has 4 unspecified atom stereocenters. The first kappa shape index (κ1) is 24.3. The minimum absolute atomic E-state index is 0.114. The molecular weight excluding hydrogens is 481 g/mol. The van der Waals surface area contributed by atoms with Crippen LogP contribution in [0.15, 0.2) is 24.3 Å². The third-order valence-corrected chi connectivity index (χ3v) is 10.2. The third kappa shape index (κ3) is 4.16. The number of amides is 2. The second-order valence-corrected chi connectivity index (χ2v) is 12.3. The topological polar surface area (TPSA) is 70.5 Å². The predicted octanol–water partition coefficient (Wildman–Crippen LogP) is 3.92. The number of carbonyl (C=O) groups is 2. The summed E-state index contributed by atoms with van der Waals surface area (Å²) in [5.41, 5.74) is 3.34. The van der Waals surface area contributed by atoms with Gasteiger partial charge in [0.25, 0.3) is 0 Å². The SMILES string of the molecule is CC(=O)N1CCc2nc3n(c2C1)C1CC2CC(C3)C(C1)N2CC[C@H](NC(=O)C1CCC1)c1cccc(F)c1. The number of piperidine rings is 1. The molecule has 4 aliphatic heterocycles. The maximum absolute atomic E-state index is 14.1. The molecule has 1 N–H and O–H groups in total. The molecule has 38 heavy (non-hydrogen) atoms. The van der Waals surface area contributed by atoms with Gasteiger partial charge in [0.15, 0.2) is 0 Å². The lowest BCUT2D eigenvalue weighted by Gasteiger charge is -2.41. The molecule has 2 amide bonds. The molecule has 1 aliphatic carbocycles. The van der Waals surface area contributed by atoms with E-state index < -0.39 is 0 Å². The van der Waals surface area contributed by atoms with E-state index in [1.54, 1.807) is 19.1 Å². The van der Waals surface area contributed by atoms with E-state index in [4.69, 9.17) is 4.98 Å². The summed E-state index contributed by atoms with van der Waals surface area (Å²) >= 11 is 0. The fraction of sp³-hybridized carbons (Fsp3) is 0.633. The molecule has 8 heteroatoms. The van der Waals surface area contributed by atoms with Crippen LogP contribution in [0.4, 0.5) is 4.39 Å². The van der Waals surface area contributed by atoms with Crippen LogP contribution in [-0.2, 0) is 29.0 Å². The van der Waals surface area contributed by atoms with Gasteiger partial charge < -0.3 is 14.8 Å². The molecule has 5 atom stereocenters. The number of fused-ring (bicyclic) bond motifs is 6. The molecule has 0 spiro atoms. The first-order chi connectivity index (χ1) is 18.4. The average molecular weight is 520 g/mol. The fourth-order valence-corrected chi connectivity index (χ4v) is 8.01. The van der Waals surface area contributed by atoms with Gasteiger partial charge in [-0.1, -0.05) is 18.6 Å². The number of imidazole rings is 1. The van der Waals surface area contributed by atoms with Gasteiger partial charge >= 0.3 is 0 Å². The summed E-state index contributed by atoms with van der Waals surface area (Å²) in [5, 5.41) is 3.28. The van der Waals surface area contributed by atoms with Crippen LogP contribution >= 0.6 is 0 Å². The van der Waals surface area contributed by atoms with Crippen molar-refractivity contribution in [1.82, 2.24) is 24.7 Å². The minimum atomic E-state index is -0.252. The Morgan fingerprint density at radius 2 is 2.05 bits per heavy atom. The number of aromatic nitrogens is 2. The Morgan fingerprint density at radius 1 is 1.18 bits per heavy atom. The third-order valence-electron chi connectivity index (χ3n) is 10.2. The normalized spacial score (nSPS) is 28.8. The van der Waals surface area contributed by atoms with Gasteiger partial charge in [0, 0.05) is 56.9 Å². The summed E-state index contributed by atoms with van der Waals surface area (Å²) in [6.45, 7) is 4.03. The Hall–Kier alpha value is -2.74. The van der Waals surface area contributed by atoms with Crippen LogP contribution in [-0.4, -0.2) is 56.3 Å². The van der Waals surface area contributed by atoms with Crippen LogP contribution in [0.2, 0.25) is 0 Å². The van der Waals surface area contributed by atoms with Crippen molar-refractivity contribution >= 4 is 11.8 Å². The Balaban J connectivity index is 1.08. The lowest BCUT2D eigenvalue weighted by Crippen LogP contribution is -2.46. The van der Waals surface area contributed by atoms with E-state index in [0.29, 0.717) is 30.6 Å². The van der Waals surface area contributed by atoms with Crippen LogP contribution in [0.5, 0.6) is 0 Å². The highest BCUT2D eigenvalue weighted by Crippen LogP contribution is 2.49. The highest BCUT2D eigenvalue weighted by molar-refractivity contribution is 5.79. The molecule has 1 aromatic heterocycles. The zero-order chi connectivity index (χ0) is 26.0. The predicted molar refractivity (Wildman–Crippen MR) is 141 cm³/mol. The van der Waals surface area contributed by atoms with Crippen LogP contribution in [0.3, 0.4) is 0 Å².